The van der Waals surface area contributed by atoms with Gasteiger partial charge in [-0.15, -0.1) is 0 Å². The molecule has 1 aromatic heterocycles. The van der Waals surface area contributed by atoms with Crippen LogP contribution in [0.3, 0.4) is 0 Å². The van der Waals surface area contributed by atoms with Crippen LogP contribution in [0.2, 0.25) is 0 Å². The van der Waals surface area contributed by atoms with Crippen molar-refractivity contribution < 1.29 is 14.3 Å². The number of aryl methyl sites for hydroxylation is 1. The van der Waals surface area contributed by atoms with Gasteiger partial charge in [0.15, 0.2) is 0 Å². The number of aromatic nitrogens is 1. The number of nitrogens with zero attached hydrogens (tertiary/aromatic N) is 1. The highest BCUT2D eigenvalue weighted by molar-refractivity contribution is 6.20. The molecular weight excluding hydrogens is 340 g/mol. The molecule has 1 N–H and O–H groups in total. The SMILES string of the molecule is CCc1cccc2c(C(=O)/C(C#N)=C/c3ccc(OC)cc3OC)c[nH]c12. The number of allylic oxidation sites excluding steroid dienone is 1. The Balaban J connectivity index is 2.06. The van der Waals surface area contributed by atoms with Crippen molar-refractivity contribution in [3.63, 3.8) is 0 Å². The predicted octanol–water partition coefficient (Wildman–Crippen LogP) is 4.54. The van der Waals surface area contributed by atoms with Crippen LogP contribution >= 0.6 is 0 Å². The minimum atomic E-state index is -0.324. The van der Waals surface area contributed by atoms with Gasteiger partial charge >= 0.3 is 0 Å². The highest BCUT2D eigenvalue weighted by Gasteiger charge is 2.18. The van der Waals surface area contributed by atoms with E-state index in [1.165, 1.54) is 7.11 Å². The number of ketones is 1. The number of H-pyrrole nitrogens is 1. The fourth-order valence-electron chi connectivity index (χ4n) is 3.09. The zero-order valence-electron chi connectivity index (χ0n) is 15.5. The second-order valence-electron chi connectivity index (χ2n) is 6.00. The Morgan fingerprint density at radius 2 is 2.04 bits per heavy atom. The zero-order chi connectivity index (χ0) is 19.4. The standard InChI is InChI=1S/C22H20N2O3/c1-4-14-6-5-7-18-19(13-24-21(14)18)22(25)16(12-23)10-15-8-9-17(26-2)11-20(15)27-3/h5-11,13,24H,4H2,1-3H3/b16-10+. The summed E-state index contributed by atoms with van der Waals surface area (Å²) in [6.07, 6.45) is 4.07. The molecule has 0 aliphatic carbocycles. The maximum absolute atomic E-state index is 13.0. The van der Waals surface area contributed by atoms with Crippen molar-refractivity contribution in [2.75, 3.05) is 14.2 Å². The van der Waals surface area contributed by atoms with E-state index < -0.39 is 0 Å². The van der Waals surface area contributed by atoms with Crippen LogP contribution in [0.5, 0.6) is 11.5 Å². The lowest BCUT2D eigenvalue weighted by atomic mass is 9.99. The molecule has 0 saturated heterocycles. The van der Waals surface area contributed by atoms with Crippen molar-refractivity contribution in [3.05, 3.63) is 64.9 Å². The minimum absolute atomic E-state index is 0.0428. The van der Waals surface area contributed by atoms with Gasteiger partial charge in [0.2, 0.25) is 5.78 Å². The number of nitriles is 1. The quantitative estimate of drug-likeness (QED) is 0.398. The maximum atomic E-state index is 13.0. The lowest BCUT2D eigenvalue weighted by molar-refractivity contribution is 0.104. The zero-order valence-corrected chi connectivity index (χ0v) is 15.5. The van der Waals surface area contributed by atoms with Crippen LogP contribution in [0.4, 0.5) is 0 Å². The van der Waals surface area contributed by atoms with E-state index in [1.54, 1.807) is 37.6 Å². The van der Waals surface area contributed by atoms with Crippen LogP contribution in [-0.4, -0.2) is 25.0 Å². The normalized spacial score (nSPS) is 11.3. The number of rotatable bonds is 6. The number of nitrogens with one attached hydrogen (secondary N) is 1. The van der Waals surface area contributed by atoms with E-state index in [4.69, 9.17) is 9.47 Å². The molecular formula is C22H20N2O3. The second-order valence-corrected chi connectivity index (χ2v) is 6.00. The summed E-state index contributed by atoms with van der Waals surface area (Å²) in [5, 5.41) is 10.4. The fourth-order valence-corrected chi connectivity index (χ4v) is 3.09. The van der Waals surface area contributed by atoms with E-state index in [9.17, 15) is 10.1 Å². The number of carbonyl (C=O) groups is 1. The Bertz CT molecular complexity index is 1070. The lowest BCUT2D eigenvalue weighted by Crippen LogP contribution is -2.01. The first-order valence-electron chi connectivity index (χ1n) is 8.60. The summed E-state index contributed by atoms with van der Waals surface area (Å²) in [7, 11) is 3.10. The van der Waals surface area contributed by atoms with Crippen molar-refractivity contribution in [2.45, 2.75) is 13.3 Å². The monoisotopic (exact) mass is 360 g/mol. The summed E-state index contributed by atoms with van der Waals surface area (Å²) in [5.74, 6) is 0.842. The molecule has 0 atom stereocenters. The van der Waals surface area contributed by atoms with E-state index in [-0.39, 0.29) is 11.4 Å². The van der Waals surface area contributed by atoms with Gasteiger partial charge in [-0.1, -0.05) is 25.1 Å². The summed E-state index contributed by atoms with van der Waals surface area (Å²) in [6, 6.07) is 13.1. The first-order chi connectivity index (χ1) is 13.1. The van der Waals surface area contributed by atoms with Crippen LogP contribution < -0.4 is 9.47 Å². The molecule has 0 bridgehead atoms. The lowest BCUT2D eigenvalue weighted by Gasteiger charge is -2.08. The first kappa shape index (κ1) is 18.3. The summed E-state index contributed by atoms with van der Waals surface area (Å²) in [5.41, 5.74) is 3.23. The number of methoxy groups -OCH3 is 2. The molecule has 5 heteroatoms. The molecule has 3 aromatic rings. The molecule has 0 spiro atoms. The molecule has 0 unspecified atom stereocenters. The van der Waals surface area contributed by atoms with E-state index in [0.29, 0.717) is 22.6 Å². The molecule has 5 nitrogen and oxygen atoms in total. The van der Waals surface area contributed by atoms with Crippen LogP contribution in [0.15, 0.2) is 48.2 Å². The van der Waals surface area contributed by atoms with Gasteiger partial charge in [-0.3, -0.25) is 4.79 Å². The molecule has 3 rings (SSSR count). The third-order valence-corrected chi connectivity index (χ3v) is 4.53. The number of para-hydroxylation sites is 1. The Morgan fingerprint density at radius 3 is 2.70 bits per heavy atom. The first-order valence-corrected chi connectivity index (χ1v) is 8.60. The van der Waals surface area contributed by atoms with Gasteiger partial charge < -0.3 is 14.5 Å². The van der Waals surface area contributed by atoms with Gasteiger partial charge in [0, 0.05) is 34.3 Å². The Morgan fingerprint density at radius 1 is 1.22 bits per heavy atom. The number of hydrogen-bond acceptors (Lipinski definition) is 4. The fraction of sp³-hybridized carbons (Fsp3) is 0.182. The summed E-state index contributed by atoms with van der Waals surface area (Å²) >= 11 is 0. The smallest absolute Gasteiger partial charge is 0.205 e. The number of ether oxygens (including phenoxy) is 2. The largest absolute Gasteiger partial charge is 0.497 e. The van der Waals surface area contributed by atoms with E-state index >= 15 is 0 Å². The number of benzene rings is 2. The Hall–Kier alpha value is -3.52. The number of carbonyl (C=O) groups excluding carboxylic acids is 1. The van der Waals surface area contributed by atoms with Crippen LogP contribution in [0.25, 0.3) is 17.0 Å². The summed E-state index contributed by atoms with van der Waals surface area (Å²) in [6.45, 7) is 2.06. The third kappa shape index (κ3) is 3.42. The topological polar surface area (TPSA) is 75.1 Å². The van der Waals surface area contributed by atoms with Crippen molar-refractivity contribution in [2.24, 2.45) is 0 Å². The van der Waals surface area contributed by atoms with Gasteiger partial charge in [0.05, 0.1) is 14.2 Å². The summed E-state index contributed by atoms with van der Waals surface area (Å²) in [4.78, 5) is 16.2. The molecule has 0 aliphatic rings. The van der Waals surface area contributed by atoms with Crippen molar-refractivity contribution >= 4 is 22.8 Å². The molecule has 0 aliphatic heterocycles. The molecule has 27 heavy (non-hydrogen) atoms. The molecule has 0 fully saturated rings. The van der Waals surface area contributed by atoms with E-state index in [2.05, 4.69) is 11.9 Å². The van der Waals surface area contributed by atoms with E-state index in [1.807, 2.05) is 24.3 Å². The third-order valence-electron chi connectivity index (χ3n) is 4.53. The van der Waals surface area contributed by atoms with Crippen molar-refractivity contribution in [1.29, 1.82) is 5.26 Å². The molecule has 0 saturated carbocycles. The predicted molar refractivity (Wildman–Crippen MR) is 105 cm³/mol. The molecule has 1 heterocycles. The number of hydrogen-bond donors (Lipinski definition) is 1. The van der Waals surface area contributed by atoms with Crippen LogP contribution in [0.1, 0.15) is 28.4 Å². The molecule has 136 valence electrons. The van der Waals surface area contributed by atoms with Crippen molar-refractivity contribution in [3.8, 4) is 17.6 Å². The minimum Gasteiger partial charge on any atom is -0.497 e. The highest BCUT2D eigenvalue weighted by Crippen LogP contribution is 2.28. The van der Waals surface area contributed by atoms with Gasteiger partial charge in [0.25, 0.3) is 0 Å². The highest BCUT2D eigenvalue weighted by atomic mass is 16.5. The number of aromatic amines is 1. The second kappa shape index (κ2) is 7.79. The Kier molecular flexibility index (Phi) is 5.28. The van der Waals surface area contributed by atoms with Gasteiger partial charge in [-0.2, -0.15) is 5.26 Å². The average Bonchev–Trinajstić information content (AvgIpc) is 3.15. The molecule has 2 aromatic carbocycles. The number of Topliss-reactive ketones (excluding diaryl/α,β-unsaturated/α-hetero) is 1. The maximum Gasteiger partial charge on any atom is 0.205 e. The summed E-state index contributed by atoms with van der Waals surface area (Å²) < 4.78 is 10.5. The van der Waals surface area contributed by atoms with Crippen LogP contribution in [0, 0.1) is 11.3 Å². The number of fused-ring (bicyclic) bond motifs is 1. The van der Waals surface area contributed by atoms with Gasteiger partial charge in [-0.25, -0.2) is 0 Å². The van der Waals surface area contributed by atoms with Gasteiger partial charge in [0.1, 0.15) is 23.1 Å². The van der Waals surface area contributed by atoms with Crippen molar-refractivity contribution in [1.82, 2.24) is 4.98 Å². The van der Waals surface area contributed by atoms with Crippen LogP contribution in [-0.2, 0) is 6.42 Å². The van der Waals surface area contributed by atoms with Gasteiger partial charge in [-0.05, 0) is 30.2 Å². The molecule has 0 amide bonds. The van der Waals surface area contributed by atoms with E-state index in [0.717, 1.165) is 22.9 Å². The average molecular weight is 360 g/mol. The Labute approximate surface area is 157 Å². The molecule has 0 radical (unpaired) electrons.